The maximum Gasteiger partial charge on any atom is 0.348 e. The first-order chi connectivity index (χ1) is 8.99. The third-order valence-corrected chi connectivity index (χ3v) is 3.65. The summed E-state index contributed by atoms with van der Waals surface area (Å²) in [5.41, 5.74) is 2.74. The summed E-state index contributed by atoms with van der Waals surface area (Å²) in [7, 11) is 0. The van der Waals surface area contributed by atoms with Crippen LogP contribution in [-0.2, 0) is 0 Å². The summed E-state index contributed by atoms with van der Waals surface area (Å²) in [6, 6.07) is 7.18. The van der Waals surface area contributed by atoms with Crippen LogP contribution >= 0.6 is 11.3 Å². The molecule has 5 heteroatoms. The van der Waals surface area contributed by atoms with Gasteiger partial charge in [0.1, 0.15) is 4.88 Å². The van der Waals surface area contributed by atoms with Crippen LogP contribution in [0.5, 0.6) is 0 Å². The van der Waals surface area contributed by atoms with Crippen molar-refractivity contribution in [3.63, 3.8) is 0 Å². The highest BCUT2D eigenvalue weighted by atomic mass is 32.1. The van der Waals surface area contributed by atoms with Crippen molar-refractivity contribution in [3.8, 4) is 0 Å². The van der Waals surface area contributed by atoms with Crippen molar-refractivity contribution in [2.45, 2.75) is 13.8 Å². The SMILES string of the molecule is Cc1ccc(C)c(C(=O)Nc2ccsc2C(=O)O)c1. The van der Waals surface area contributed by atoms with E-state index in [2.05, 4.69) is 5.32 Å². The lowest BCUT2D eigenvalue weighted by Crippen LogP contribution is -2.14. The number of benzene rings is 1. The molecule has 19 heavy (non-hydrogen) atoms. The maximum absolute atomic E-state index is 12.2. The fraction of sp³-hybridized carbons (Fsp3) is 0.143. The zero-order chi connectivity index (χ0) is 14.0. The second-order valence-corrected chi connectivity index (χ2v) is 5.16. The Labute approximate surface area is 114 Å². The molecule has 0 aliphatic heterocycles. The Morgan fingerprint density at radius 1 is 1.21 bits per heavy atom. The number of rotatable bonds is 3. The number of hydrogen-bond donors (Lipinski definition) is 2. The van der Waals surface area contributed by atoms with Gasteiger partial charge >= 0.3 is 5.97 Å². The smallest absolute Gasteiger partial charge is 0.348 e. The van der Waals surface area contributed by atoms with Crippen LogP contribution in [0.25, 0.3) is 0 Å². The van der Waals surface area contributed by atoms with E-state index in [1.54, 1.807) is 17.5 Å². The van der Waals surface area contributed by atoms with E-state index in [1.165, 1.54) is 0 Å². The summed E-state index contributed by atoms with van der Waals surface area (Å²) in [6.07, 6.45) is 0. The van der Waals surface area contributed by atoms with Gasteiger partial charge in [-0.2, -0.15) is 0 Å². The Kier molecular flexibility index (Phi) is 3.66. The third-order valence-electron chi connectivity index (χ3n) is 2.75. The molecule has 0 unspecified atom stereocenters. The van der Waals surface area contributed by atoms with Gasteiger partial charge in [0.05, 0.1) is 5.69 Å². The van der Waals surface area contributed by atoms with Gasteiger partial charge in [0, 0.05) is 5.56 Å². The van der Waals surface area contributed by atoms with Crippen molar-refractivity contribution in [3.05, 3.63) is 51.2 Å². The Bertz CT molecular complexity index is 646. The number of carbonyl (C=O) groups is 2. The Morgan fingerprint density at radius 3 is 2.63 bits per heavy atom. The number of amides is 1. The van der Waals surface area contributed by atoms with Crippen LogP contribution in [0.4, 0.5) is 5.69 Å². The third kappa shape index (κ3) is 2.82. The van der Waals surface area contributed by atoms with Gasteiger partial charge in [-0.1, -0.05) is 17.7 Å². The van der Waals surface area contributed by atoms with Crippen molar-refractivity contribution in [2.24, 2.45) is 0 Å². The molecule has 0 spiro atoms. The number of aromatic carboxylic acids is 1. The highest BCUT2D eigenvalue weighted by Gasteiger charge is 2.16. The Morgan fingerprint density at radius 2 is 1.95 bits per heavy atom. The monoisotopic (exact) mass is 275 g/mol. The van der Waals surface area contributed by atoms with Crippen LogP contribution < -0.4 is 5.32 Å². The van der Waals surface area contributed by atoms with E-state index in [1.807, 2.05) is 26.0 Å². The van der Waals surface area contributed by atoms with Gasteiger partial charge in [0.25, 0.3) is 5.91 Å². The average molecular weight is 275 g/mol. The zero-order valence-electron chi connectivity index (χ0n) is 10.6. The predicted octanol–water partition coefficient (Wildman–Crippen LogP) is 3.32. The van der Waals surface area contributed by atoms with E-state index in [9.17, 15) is 9.59 Å². The molecule has 2 rings (SSSR count). The van der Waals surface area contributed by atoms with Crippen molar-refractivity contribution < 1.29 is 14.7 Å². The summed E-state index contributed by atoms with van der Waals surface area (Å²) < 4.78 is 0. The van der Waals surface area contributed by atoms with Crippen molar-refractivity contribution in [1.29, 1.82) is 0 Å². The summed E-state index contributed by atoms with van der Waals surface area (Å²) in [5, 5.41) is 13.3. The molecule has 1 aromatic heterocycles. The molecule has 0 saturated carbocycles. The summed E-state index contributed by atoms with van der Waals surface area (Å²) >= 11 is 1.09. The first-order valence-electron chi connectivity index (χ1n) is 5.68. The summed E-state index contributed by atoms with van der Waals surface area (Å²) in [4.78, 5) is 23.3. The predicted molar refractivity (Wildman–Crippen MR) is 75.1 cm³/mol. The van der Waals surface area contributed by atoms with Crippen LogP contribution in [0, 0.1) is 13.8 Å². The minimum Gasteiger partial charge on any atom is -0.477 e. The van der Waals surface area contributed by atoms with Crippen LogP contribution in [0.15, 0.2) is 29.6 Å². The largest absolute Gasteiger partial charge is 0.477 e. The van der Waals surface area contributed by atoms with Gasteiger partial charge in [-0.15, -0.1) is 11.3 Å². The molecule has 0 fully saturated rings. The second kappa shape index (κ2) is 5.24. The molecule has 0 aliphatic rings. The van der Waals surface area contributed by atoms with Crippen molar-refractivity contribution in [2.75, 3.05) is 5.32 Å². The fourth-order valence-electron chi connectivity index (χ4n) is 1.74. The molecule has 4 nitrogen and oxygen atoms in total. The molecule has 1 amide bonds. The molecule has 98 valence electrons. The lowest BCUT2D eigenvalue weighted by Gasteiger charge is -2.08. The highest BCUT2D eigenvalue weighted by Crippen LogP contribution is 2.23. The minimum absolute atomic E-state index is 0.138. The fourth-order valence-corrected chi connectivity index (χ4v) is 2.43. The topological polar surface area (TPSA) is 66.4 Å². The number of nitrogens with one attached hydrogen (secondary N) is 1. The van der Waals surface area contributed by atoms with Crippen molar-refractivity contribution in [1.82, 2.24) is 0 Å². The molecule has 0 aliphatic carbocycles. The normalized spacial score (nSPS) is 10.2. The van der Waals surface area contributed by atoms with E-state index in [-0.39, 0.29) is 10.8 Å². The van der Waals surface area contributed by atoms with Gasteiger partial charge in [-0.05, 0) is 36.9 Å². The van der Waals surface area contributed by atoms with E-state index in [0.29, 0.717) is 11.3 Å². The lowest BCUT2D eigenvalue weighted by atomic mass is 10.1. The minimum atomic E-state index is -1.04. The first-order valence-corrected chi connectivity index (χ1v) is 6.56. The van der Waals surface area contributed by atoms with Crippen molar-refractivity contribution >= 4 is 28.9 Å². The molecular weight excluding hydrogens is 262 g/mol. The van der Waals surface area contributed by atoms with Crippen LogP contribution in [0.3, 0.4) is 0 Å². The number of anilines is 1. The standard InChI is InChI=1S/C14H13NO3S/c1-8-3-4-9(2)10(7-8)13(16)15-11-5-6-19-12(11)14(17)18/h3-7H,1-2H3,(H,15,16)(H,17,18). The van der Waals surface area contributed by atoms with E-state index in [0.717, 1.165) is 22.5 Å². The number of aryl methyl sites for hydroxylation is 2. The summed E-state index contributed by atoms with van der Waals surface area (Å²) in [6.45, 7) is 3.75. The van der Waals surface area contributed by atoms with Gasteiger partial charge < -0.3 is 10.4 Å². The second-order valence-electron chi connectivity index (χ2n) is 4.24. The number of carboxylic acid groups (broad SMARTS) is 1. The first kappa shape index (κ1) is 13.3. The Hall–Kier alpha value is -2.14. The lowest BCUT2D eigenvalue weighted by molar-refractivity contribution is 0.0703. The van der Waals surface area contributed by atoms with Crippen LogP contribution in [0.1, 0.15) is 31.2 Å². The molecule has 0 saturated heterocycles. The zero-order valence-corrected chi connectivity index (χ0v) is 11.4. The van der Waals surface area contributed by atoms with Gasteiger partial charge in [-0.3, -0.25) is 4.79 Å². The van der Waals surface area contributed by atoms with Gasteiger partial charge in [0.2, 0.25) is 0 Å². The number of carboxylic acids is 1. The van der Waals surface area contributed by atoms with E-state index < -0.39 is 5.97 Å². The number of hydrogen-bond acceptors (Lipinski definition) is 3. The van der Waals surface area contributed by atoms with Crippen LogP contribution in [-0.4, -0.2) is 17.0 Å². The maximum atomic E-state index is 12.2. The van der Waals surface area contributed by atoms with E-state index in [4.69, 9.17) is 5.11 Å². The molecule has 0 atom stereocenters. The molecule has 2 aromatic rings. The quantitative estimate of drug-likeness (QED) is 0.903. The average Bonchev–Trinajstić information content (AvgIpc) is 2.80. The van der Waals surface area contributed by atoms with Crippen LogP contribution in [0.2, 0.25) is 0 Å². The molecule has 0 radical (unpaired) electrons. The molecule has 1 heterocycles. The number of carbonyl (C=O) groups excluding carboxylic acids is 1. The summed E-state index contributed by atoms with van der Waals surface area (Å²) in [5.74, 6) is -1.33. The molecular formula is C14H13NO3S. The highest BCUT2D eigenvalue weighted by molar-refractivity contribution is 7.12. The molecule has 1 aromatic carbocycles. The van der Waals surface area contributed by atoms with E-state index >= 15 is 0 Å². The number of thiophene rings is 1. The molecule has 0 bridgehead atoms. The Balaban J connectivity index is 2.28. The van der Waals surface area contributed by atoms with Gasteiger partial charge in [0.15, 0.2) is 0 Å². The molecule has 2 N–H and O–H groups in total. The van der Waals surface area contributed by atoms with Gasteiger partial charge in [-0.25, -0.2) is 4.79 Å².